The number of carbonyl (C=O) groups excluding carboxylic acids is 2. The van der Waals surface area contributed by atoms with Crippen molar-refractivity contribution in [3.8, 4) is 0 Å². The summed E-state index contributed by atoms with van der Waals surface area (Å²) in [5.41, 5.74) is -0.429. The molecular formula is C29H21F3N2O4S. The third-order valence-electron chi connectivity index (χ3n) is 5.60. The summed E-state index contributed by atoms with van der Waals surface area (Å²) in [4.78, 5) is 37.9. The van der Waals surface area contributed by atoms with Crippen molar-refractivity contribution >= 4 is 40.9 Å². The molecule has 0 aliphatic rings. The first-order chi connectivity index (χ1) is 18.6. The lowest BCUT2D eigenvalue weighted by molar-refractivity contribution is -0.137. The molecule has 4 aromatic rings. The van der Waals surface area contributed by atoms with Crippen LogP contribution in [-0.2, 0) is 11.0 Å². The van der Waals surface area contributed by atoms with E-state index in [1.54, 1.807) is 60.7 Å². The molecule has 2 amide bonds. The maximum atomic E-state index is 13.5. The Morgan fingerprint density at radius 1 is 0.718 bits per heavy atom. The summed E-state index contributed by atoms with van der Waals surface area (Å²) in [7, 11) is 0. The molecule has 0 saturated heterocycles. The number of halogens is 3. The zero-order valence-electron chi connectivity index (χ0n) is 20.1. The molecule has 0 bridgehead atoms. The van der Waals surface area contributed by atoms with Crippen LogP contribution in [-0.4, -0.2) is 22.9 Å². The Bertz CT molecular complexity index is 1490. The van der Waals surface area contributed by atoms with Gasteiger partial charge in [-0.3, -0.25) is 9.59 Å². The summed E-state index contributed by atoms with van der Waals surface area (Å²) in [6, 6.07) is 25.7. The topological polar surface area (TPSA) is 95.5 Å². The molecule has 0 saturated carbocycles. The van der Waals surface area contributed by atoms with Crippen LogP contribution in [0.5, 0.6) is 0 Å². The predicted molar refractivity (Wildman–Crippen MR) is 143 cm³/mol. The van der Waals surface area contributed by atoms with E-state index < -0.39 is 34.8 Å². The number of hydrogen-bond donors (Lipinski definition) is 3. The van der Waals surface area contributed by atoms with E-state index in [0.29, 0.717) is 16.1 Å². The van der Waals surface area contributed by atoms with Crippen molar-refractivity contribution in [1.29, 1.82) is 0 Å². The van der Waals surface area contributed by atoms with Crippen LogP contribution in [0.4, 0.5) is 24.5 Å². The third-order valence-corrected chi connectivity index (χ3v) is 6.87. The summed E-state index contributed by atoms with van der Waals surface area (Å²) in [6.07, 6.45) is -4.63. The van der Waals surface area contributed by atoms with Crippen molar-refractivity contribution < 1.29 is 32.7 Å². The van der Waals surface area contributed by atoms with Gasteiger partial charge in [0.15, 0.2) is 0 Å². The van der Waals surface area contributed by atoms with Crippen molar-refractivity contribution in [2.75, 3.05) is 10.6 Å². The Labute approximate surface area is 225 Å². The fourth-order valence-electron chi connectivity index (χ4n) is 3.76. The molecule has 4 aromatic carbocycles. The van der Waals surface area contributed by atoms with Crippen LogP contribution in [0.1, 0.15) is 37.1 Å². The van der Waals surface area contributed by atoms with Gasteiger partial charge in [0.1, 0.15) is 5.25 Å². The summed E-state index contributed by atoms with van der Waals surface area (Å²) in [5.74, 6) is -2.46. The highest BCUT2D eigenvalue weighted by Gasteiger charge is 2.34. The smallest absolute Gasteiger partial charge is 0.418 e. The van der Waals surface area contributed by atoms with Gasteiger partial charge in [-0.25, -0.2) is 4.79 Å². The molecule has 10 heteroatoms. The van der Waals surface area contributed by atoms with E-state index in [1.807, 2.05) is 0 Å². The fourth-order valence-corrected chi connectivity index (χ4v) is 4.78. The predicted octanol–water partition coefficient (Wildman–Crippen LogP) is 7.13. The molecule has 0 fully saturated rings. The molecule has 3 N–H and O–H groups in total. The highest BCUT2D eigenvalue weighted by atomic mass is 32.2. The molecule has 0 radical (unpaired) electrons. The van der Waals surface area contributed by atoms with Crippen LogP contribution in [0, 0.1) is 0 Å². The summed E-state index contributed by atoms with van der Waals surface area (Å²) in [5, 5.41) is 13.5. The van der Waals surface area contributed by atoms with Gasteiger partial charge in [-0.1, -0.05) is 54.6 Å². The van der Waals surface area contributed by atoms with E-state index in [0.717, 1.165) is 17.8 Å². The molecule has 0 aliphatic heterocycles. The van der Waals surface area contributed by atoms with Gasteiger partial charge < -0.3 is 15.7 Å². The Morgan fingerprint density at radius 2 is 1.31 bits per heavy atom. The average molecular weight is 551 g/mol. The van der Waals surface area contributed by atoms with Crippen LogP contribution in [0.2, 0.25) is 0 Å². The fraction of sp³-hybridized carbons (Fsp3) is 0.0690. The van der Waals surface area contributed by atoms with Crippen LogP contribution in [0.3, 0.4) is 0 Å². The number of anilines is 2. The minimum absolute atomic E-state index is 0.00315. The molecule has 0 heterocycles. The normalized spacial score (nSPS) is 11.9. The number of carbonyl (C=O) groups is 3. The first-order valence-corrected chi connectivity index (χ1v) is 12.4. The second kappa shape index (κ2) is 11.9. The average Bonchev–Trinajstić information content (AvgIpc) is 2.92. The summed E-state index contributed by atoms with van der Waals surface area (Å²) < 4.78 is 40.4. The first-order valence-electron chi connectivity index (χ1n) is 11.6. The third kappa shape index (κ3) is 6.85. The van der Waals surface area contributed by atoms with E-state index in [-0.39, 0.29) is 16.8 Å². The van der Waals surface area contributed by atoms with E-state index in [2.05, 4.69) is 10.6 Å². The standard InChI is InChI=1S/C29H21F3N2O4S/c30-29(31,32)23-12-6-7-13-24(23)34-27(36)25(18-8-2-1-3-9-18)39-20-16-14-19(15-17-20)33-26(35)21-10-4-5-11-22(21)28(37)38/h1-17,25H,(H,33,35)(H,34,36)(H,37,38). The lowest BCUT2D eigenvalue weighted by atomic mass is 10.1. The van der Waals surface area contributed by atoms with Crippen LogP contribution in [0.25, 0.3) is 0 Å². The minimum Gasteiger partial charge on any atom is -0.478 e. The number of hydrogen-bond acceptors (Lipinski definition) is 4. The highest BCUT2D eigenvalue weighted by molar-refractivity contribution is 8.00. The van der Waals surface area contributed by atoms with Crippen molar-refractivity contribution in [2.45, 2.75) is 16.3 Å². The van der Waals surface area contributed by atoms with Gasteiger partial charge in [0.05, 0.1) is 22.4 Å². The number of benzene rings is 4. The number of amides is 2. The largest absolute Gasteiger partial charge is 0.478 e. The molecule has 39 heavy (non-hydrogen) atoms. The lowest BCUT2D eigenvalue weighted by Gasteiger charge is -2.19. The molecule has 0 aliphatic carbocycles. The van der Waals surface area contributed by atoms with Gasteiger partial charge in [-0.05, 0) is 54.1 Å². The van der Waals surface area contributed by atoms with Crippen LogP contribution >= 0.6 is 11.8 Å². The molecule has 4 rings (SSSR count). The van der Waals surface area contributed by atoms with Gasteiger partial charge in [-0.15, -0.1) is 11.8 Å². The van der Waals surface area contributed by atoms with E-state index in [9.17, 15) is 32.7 Å². The molecule has 6 nitrogen and oxygen atoms in total. The Kier molecular flexibility index (Phi) is 8.36. The molecule has 0 spiro atoms. The Balaban J connectivity index is 1.53. The molecule has 1 atom stereocenters. The number of alkyl halides is 3. The summed E-state index contributed by atoms with van der Waals surface area (Å²) >= 11 is 1.13. The van der Waals surface area contributed by atoms with Crippen molar-refractivity contribution in [3.63, 3.8) is 0 Å². The van der Waals surface area contributed by atoms with Crippen LogP contribution < -0.4 is 10.6 Å². The number of rotatable bonds is 8. The number of aromatic carboxylic acids is 1. The number of thioether (sulfide) groups is 1. The molecule has 198 valence electrons. The lowest BCUT2D eigenvalue weighted by Crippen LogP contribution is -2.21. The second-order valence-corrected chi connectivity index (χ2v) is 9.45. The maximum Gasteiger partial charge on any atom is 0.418 e. The monoisotopic (exact) mass is 550 g/mol. The van der Waals surface area contributed by atoms with Gasteiger partial charge in [-0.2, -0.15) is 13.2 Å². The van der Waals surface area contributed by atoms with Gasteiger partial charge in [0.2, 0.25) is 5.91 Å². The van der Waals surface area contributed by atoms with Gasteiger partial charge >= 0.3 is 12.1 Å². The van der Waals surface area contributed by atoms with Crippen molar-refractivity contribution in [2.24, 2.45) is 0 Å². The van der Waals surface area contributed by atoms with E-state index in [4.69, 9.17) is 0 Å². The van der Waals surface area contributed by atoms with Crippen molar-refractivity contribution in [3.05, 3.63) is 125 Å². The van der Waals surface area contributed by atoms with Gasteiger partial charge in [0, 0.05) is 10.6 Å². The quantitative estimate of drug-likeness (QED) is 0.203. The number of carboxylic acid groups (broad SMARTS) is 1. The number of para-hydroxylation sites is 1. The first kappa shape index (κ1) is 27.5. The van der Waals surface area contributed by atoms with Crippen molar-refractivity contribution in [1.82, 2.24) is 0 Å². The molecular weight excluding hydrogens is 529 g/mol. The minimum atomic E-state index is -4.63. The highest BCUT2D eigenvalue weighted by Crippen LogP contribution is 2.39. The number of carboxylic acids is 1. The maximum absolute atomic E-state index is 13.5. The SMILES string of the molecule is O=C(O)c1ccccc1C(=O)Nc1ccc(SC(C(=O)Nc2ccccc2C(F)(F)F)c2ccccc2)cc1. The summed E-state index contributed by atoms with van der Waals surface area (Å²) in [6.45, 7) is 0. The zero-order chi connectivity index (χ0) is 28.0. The van der Waals surface area contributed by atoms with E-state index >= 15 is 0 Å². The second-order valence-electron chi connectivity index (χ2n) is 8.27. The van der Waals surface area contributed by atoms with E-state index in [1.165, 1.54) is 36.4 Å². The molecule has 1 unspecified atom stereocenters. The van der Waals surface area contributed by atoms with Gasteiger partial charge in [0.25, 0.3) is 5.91 Å². The van der Waals surface area contributed by atoms with Crippen LogP contribution in [0.15, 0.2) is 108 Å². The Hall–Kier alpha value is -4.57. The molecule has 0 aromatic heterocycles. The zero-order valence-corrected chi connectivity index (χ0v) is 20.9. The number of nitrogens with one attached hydrogen (secondary N) is 2. The Morgan fingerprint density at radius 3 is 1.95 bits per heavy atom.